The molecule has 26 heavy (non-hydrogen) atoms. The zero-order chi connectivity index (χ0) is 18.5. The zero-order valence-electron chi connectivity index (χ0n) is 15.5. The minimum absolute atomic E-state index is 0.221. The Balaban J connectivity index is 1.83. The number of piperidine rings is 1. The number of nitrogens with zero attached hydrogens (tertiary/aromatic N) is 4. The van der Waals surface area contributed by atoms with E-state index in [0.717, 1.165) is 25.9 Å². The molecule has 0 atom stereocenters. The van der Waals surface area contributed by atoms with Crippen LogP contribution < -0.4 is 19.9 Å². The van der Waals surface area contributed by atoms with E-state index in [1.54, 1.807) is 37.6 Å². The summed E-state index contributed by atoms with van der Waals surface area (Å²) in [5, 5.41) is 2.91. The van der Waals surface area contributed by atoms with Crippen molar-refractivity contribution in [3.63, 3.8) is 0 Å². The number of amides is 1. The van der Waals surface area contributed by atoms with Crippen LogP contribution in [0.2, 0.25) is 0 Å². The molecule has 0 aliphatic carbocycles. The maximum atomic E-state index is 12.6. The maximum absolute atomic E-state index is 12.6. The van der Waals surface area contributed by atoms with Gasteiger partial charge >= 0.3 is 0 Å². The third-order valence-electron chi connectivity index (χ3n) is 4.40. The van der Waals surface area contributed by atoms with E-state index < -0.39 is 0 Å². The Hall–Kier alpha value is -2.83. The van der Waals surface area contributed by atoms with E-state index in [2.05, 4.69) is 20.2 Å². The Labute approximate surface area is 154 Å². The predicted molar refractivity (Wildman–Crippen MR) is 103 cm³/mol. The molecule has 0 unspecified atom stereocenters. The average molecular weight is 355 g/mol. The van der Waals surface area contributed by atoms with Gasteiger partial charge < -0.3 is 19.9 Å². The largest absolute Gasteiger partial charge is 0.497 e. The molecule has 0 radical (unpaired) electrons. The van der Waals surface area contributed by atoms with Gasteiger partial charge in [-0.15, -0.1) is 0 Å². The first kappa shape index (κ1) is 18.0. The first-order valence-electron chi connectivity index (χ1n) is 8.83. The van der Waals surface area contributed by atoms with Gasteiger partial charge in [-0.1, -0.05) is 6.07 Å². The number of hydrogen-bond donors (Lipinski definition) is 1. The zero-order valence-corrected chi connectivity index (χ0v) is 15.5. The second-order valence-corrected chi connectivity index (χ2v) is 6.54. The summed E-state index contributed by atoms with van der Waals surface area (Å²) in [6.07, 6.45) is 5.26. The Kier molecular flexibility index (Phi) is 5.55. The molecule has 0 saturated carbocycles. The number of aromatic nitrogens is 2. The monoisotopic (exact) mass is 355 g/mol. The van der Waals surface area contributed by atoms with Gasteiger partial charge in [-0.05, 0) is 37.5 Å². The van der Waals surface area contributed by atoms with Gasteiger partial charge in [-0.3, -0.25) is 4.79 Å². The van der Waals surface area contributed by atoms with Crippen LogP contribution in [0.5, 0.6) is 5.75 Å². The maximum Gasteiger partial charge on any atom is 0.255 e. The fourth-order valence-electron chi connectivity index (χ4n) is 3.00. The fraction of sp³-hybridized carbons (Fsp3) is 0.421. The van der Waals surface area contributed by atoms with Crippen LogP contribution in [0.3, 0.4) is 0 Å². The van der Waals surface area contributed by atoms with Crippen LogP contribution in [0.25, 0.3) is 0 Å². The lowest BCUT2D eigenvalue weighted by molar-refractivity contribution is 0.102. The highest BCUT2D eigenvalue weighted by molar-refractivity contribution is 6.05. The molecule has 0 bridgehead atoms. The van der Waals surface area contributed by atoms with Gasteiger partial charge in [-0.25, -0.2) is 4.98 Å². The summed E-state index contributed by atoms with van der Waals surface area (Å²) in [7, 11) is 5.39. The van der Waals surface area contributed by atoms with Gasteiger partial charge in [0.2, 0.25) is 5.95 Å². The lowest BCUT2D eigenvalue weighted by Crippen LogP contribution is -2.31. The molecule has 0 spiro atoms. The normalized spacial score (nSPS) is 14.0. The summed E-state index contributed by atoms with van der Waals surface area (Å²) in [5.74, 6) is 1.83. The predicted octanol–water partition coefficient (Wildman–Crippen LogP) is 2.79. The van der Waals surface area contributed by atoms with Crippen molar-refractivity contribution in [2.75, 3.05) is 49.4 Å². The number of nitrogens with one attached hydrogen (secondary N) is 1. The molecular formula is C19H25N5O2. The molecule has 3 rings (SSSR count). The summed E-state index contributed by atoms with van der Waals surface area (Å²) >= 11 is 0. The first-order valence-corrected chi connectivity index (χ1v) is 8.83. The van der Waals surface area contributed by atoms with Crippen molar-refractivity contribution in [3.05, 3.63) is 36.0 Å². The molecule has 1 aliphatic rings. The highest BCUT2D eigenvalue weighted by atomic mass is 16.5. The summed E-state index contributed by atoms with van der Waals surface area (Å²) < 4.78 is 5.18. The molecule has 1 aromatic carbocycles. The number of anilines is 3. The van der Waals surface area contributed by atoms with Crippen LogP contribution in [0, 0.1) is 0 Å². The number of carbonyl (C=O) groups excluding carboxylic acids is 1. The van der Waals surface area contributed by atoms with E-state index in [0.29, 0.717) is 28.8 Å². The molecule has 2 heterocycles. The topological polar surface area (TPSA) is 70.6 Å². The molecule has 1 aromatic heterocycles. The molecule has 7 nitrogen and oxygen atoms in total. The third kappa shape index (κ3) is 4.04. The Morgan fingerprint density at radius 2 is 2.00 bits per heavy atom. The van der Waals surface area contributed by atoms with Gasteiger partial charge in [0.15, 0.2) is 5.82 Å². The number of benzene rings is 1. The number of hydrogen-bond acceptors (Lipinski definition) is 6. The van der Waals surface area contributed by atoms with Gasteiger partial charge in [-0.2, -0.15) is 4.98 Å². The minimum Gasteiger partial charge on any atom is -0.497 e. The first-order chi connectivity index (χ1) is 12.6. The third-order valence-corrected chi connectivity index (χ3v) is 4.40. The summed E-state index contributed by atoms with van der Waals surface area (Å²) in [5.41, 5.74) is 1.11. The van der Waals surface area contributed by atoms with Gasteiger partial charge in [0, 0.05) is 32.7 Å². The van der Waals surface area contributed by atoms with E-state index in [1.807, 2.05) is 19.0 Å². The quantitative estimate of drug-likeness (QED) is 0.889. The Morgan fingerprint density at radius 1 is 1.23 bits per heavy atom. The molecular weight excluding hydrogens is 330 g/mol. The second kappa shape index (κ2) is 8.03. The van der Waals surface area contributed by atoms with Crippen LogP contribution in [0.15, 0.2) is 30.5 Å². The minimum atomic E-state index is -0.221. The lowest BCUT2D eigenvalue weighted by atomic mass is 10.1. The molecule has 1 N–H and O–H groups in total. The molecule has 138 valence electrons. The van der Waals surface area contributed by atoms with Crippen LogP contribution in [0.4, 0.5) is 17.5 Å². The summed E-state index contributed by atoms with van der Waals surface area (Å²) in [6, 6.07) is 7.04. The summed E-state index contributed by atoms with van der Waals surface area (Å²) in [6.45, 7) is 1.95. The molecule has 7 heteroatoms. The van der Waals surface area contributed by atoms with Gasteiger partial charge in [0.1, 0.15) is 11.4 Å². The van der Waals surface area contributed by atoms with Crippen molar-refractivity contribution in [2.24, 2.45) is 0 Å². The van der Waals surface area contributed by atoms with Crippen LogP contribution in [-0.2, 0) is 0 Å². The highest BCUT2D eigenvalue weighted by Gasteiger charge is 2.18. The summed E-state index contributed by atoms with van der Waals surface area (Å²) in [4.78, 5) is 25.8. The van der Waals surface area contributed by atoms with Crippen molar-refractivity contribution in [1.29, 1.82) is 0 Å². The van der Waals surface area contributed by atoms with Crippen molar-refractivity contribution in [2.45, 2.75) is 19.3 Å². The van der Waals surface area contributed by atoms with E-state index in [-0.39, 0.29) is 5.91 Å². The Morgan fingerprint density at radius 3 is 2.69 bits per heavy atom. The van der Waals surface area contributed by atoms with Crippen LogP contribution in [-0.4, -0.2) is 50.2 Å². The molecule has 1 aliphatic heterocycles. The lowest BCUT2D eigenvalue weighted by Gasteiger charge is -2.28. The van der Waals surface area contributed by atoms with E-state index in [4.69, 9.17) is 4.74 Å². The number of carbonyl (C=O) groups is 1. The van der Waals surface area contributed by atoms with Crippen LogP contribution >= 0.6 is 0 Å². The molecule has 2 aromatic rings. The number of ether oxygens (including phenoxy) is 1. The van der Waals surface area contributed by atoms with Crippen LogP contribution in [0.1, 0.15) is 29.6 Å². The van der Waals surface area contributed by atoms with E-state index in [9.17, 15) is 4.79 Å². The highest BCUT2D eigenvalue weighted by Crippen LogP contribution is 2.26. The SMILES string of the molecule is COc1cccc(C(=O)Nc2cnc(N3CCCCC3)nc2N(C)C)c1. The molecule has 1 fully saturated rings. The van der Waals surface area contributed by atoms with Crippen molar-refractivity contribution in [1.82, 2.24) is 9.97 Å². The van der Waals surface area contributed by atoms with E-state index >= 15 is 0 Å². The van der Waals surface area contributed by atoms with Gasteiger partial charge in [0.25, 0.3) is 5.91 Å². The van der Waals surface area contributed by atoms with Crippen molar-refractivity contribution >= 4 is 23.4 Å². The van der Waals surface area contributed by atoms with Gasteiger partial charge in [0.05, 0.1) is 13.3 Å². The molecule has 1 saturated heterocycles. The second-order valence-electron chi connectivity index (χ2n) is 6.54. The smallest absolute Gasteiger partial charge is 0.255 e. The average Bonchev–Trinajstić information content (AvgIpc) is 2.68. The van der Waals surface area contributed by atoms with Crippen molar-refractivity contribution < 1.29 is 9.53 Å². The number of methoxy groups -OCH3 is 1. The fourth-order valence-corrected chi connectivity index (χ4v) is 3.00. The van der Waals surface area contributed by atoms with E-state index in [1.165, 1.54) is 6.42 Å². The Bertz CT molecular complexity index is 772. The molecule has 1 amide bonds. The standard InChI is InChI=1S/C19H25N5O2/c1-23(2)17-16(13-20-19(22-17)24-10-5-4-6-11-24)21-18(25)14-8-7-9-15(12-14)26-3/h7-9,12-13H,4-6,10-11H2,1-3H3,(H,21,25). The number of rotatable bonds is 5. The van der Waals surface area contributed by atoms with Crippen molar-refractivity contribution in [3.8, 4) is 5.75 Å².